The molecule has 0 fully saturated rings. The van der Waals surface area contributed by atoms with Crippen LogP contribution >= 0.6 is 0 Å². The van der Waals surface area contributed by atoms with Gasteiger partial charge < -0.3 is 8.98 Å². The van der Waals surface area contributed by atoms with E-state index in [0.29, 0.717) is 23.3 Å². The Kier molecular flexibility index (Phi) is 6.92. The summed E-state index contributed by atoms with van der Waals surface area (Å²) in [5.41, 5.74) is 12.6. The second-order valence-corrected chi connectivity index (χ2v) is 15.9. The Bertz CT molecular complexity index is 4080. The van der Waals surface area contributed by atoms with Gasteiger partial charge in [0.1, 0.15) is 11.1 Å². The zero-order valence-electron chi connectivity index (χ0n) is 33.5. The van der Waals surface area contributed by atoms with Gasteiger partial charge >= 0.3 is 0 Å². The van der Waals surface area contributed by atoms with E-state index in [1.54, 1.807) is 0 Å². The second-order valence-electron chi connectivity index (χ2n) is 15.9. The number of hydrogen-bond donors (Lipinski definition) is 0. The molecule has 294 valence electrons. The van der Waals surface area contributed by atoms with Crippen molar-refractivity contribution in [2.24, 2.45) is 0 Å². The fourth-order valence-electron chi connectivity index (χ4n) is 9.71. The summed E-state index contributed by atoms with van der Waals surface area (Å²) in [6, 6.07) is 67.5. The van der Waals surface area contributed by atoms with E-state index < -0.39 is 0 Å². The molecule has 0 aliphatic rings. The van der Waals surface area contributed by atoms with Gasteiger partial charge in [0, 0.05) is 49.4 Å². The molecule has 0 spiro atoms. The van der Waals surface area contributed by atoms with Gasteiger partial charge in [-0.15, -0.1) is 0 Å². The van der Waals surface area contributed by atoms with Crippen LogP contribution in [0, 0.1) is 0 Å². The molecule has 9 nitrogen and oxygen atoms in total. The molecule has 0 amide bonds. The third-order valence-corrected chi connectivity index (χ3v) is 12.4. The van der Waals surface area contributed by atoms with E-state index >= 15 is 0 Å². The minimum absolute atomic E-state index is 0.538. The standard InChI is InChI=1S/C54H32N8O/c1-4-16-33(17-5-1)50-55-51(34-18-6-2-7-19-34)57-53(56-50)61-43-29-28-36(60-44-25-13-14-26-45(44)62-49-38-23-11-15-27-48(38)63-52(49)58-54(60)62)30-39(43)41-32-46-40(31-47(41)61)37-22-10-12-24-42(37)59(46)35-20-8-3-9-21-35/h1-32H. The SMILES string of the molecule is c1ccc(-c2nc(-c3ccccc3)nc(-n3c4ccc(-n5c6ccccc6n6c7c(nc56)oc5ccccc57)cc4c4cc5c(cc43)c3ccccc3n5-c3ccccc3)n2)cc1. The average Bonchev–Trinajstić information content (AvgIpc) is 4.13. The summed E-state index contributed by atoms with van der Waals surface area (Å²) in [7, 11) is 0. The van der Waals surface area contributed by atoms with E-state index in [0.717, 1.165) is 94.0 Å². The monoisotopic (exact) mass is 808 g/mol. The van der Waals surface area contributed by atoms with Crippen LogP contribution in [0.25, 0.3) is 123 Å². The summed E-state index contributed by atoms with van der Waals surface area (Å²) < 4.78 is 15.4. The first-order valence-electron chi connectivity index (χ1n) is 21.0. The molecule has 0 aliphatic heterocycles. The van der Waals surface area contributed by atoms with Gasteiger partial charge in [-0.05, 0) is 72.8 Å². The molecular formula is C54H32N8O. The highest BCUT2D eigenvalue weighted by atomic mass is 16.3. The maximum atomic E-state index is 6.34. The molecular weight excluding hydrogens is 777 g/mol. The highest BCUT2D eigenvalue weighted by Crippen LogP contribution is 2.41. The second kappa shape index (κ2) is 12.8. The lowest BCUT2D eigenvalue weighted by Gasteiger charge is -2.11. The van der Waals surface area contributed by atoms with Crippen LogP contribution in [0.4, 0.5) is 0 Å². The van der Waals surface area contributed by atoms with Crippen LogP contribution in [-0.4, -0.2) is 38.0 Å². The maximum Gasteiger partial charge on any atom is 0.248 e. The Labute approximate surface area is 358 Å². The van der Waals surface area contributed by atoms with Crippen molar-refractivity contribution in [1.82, 2.24) is 38.0 Å². The van der Waals surface area contributed by atoms with Crippen LogP contribution in [0.15, 0.2) is 199 Å². The van der Waals surface area contributed by atoms with Crippen LogP contribution in [0.5, 0.6) is 0 Å². The van der Waals surface area contributed by atoms with Gasteiger partial charge in [-0.2, -0.15) is 15.0 Å². The van der Waals surface area contributed by atoms with Crippen molar-refractivity contribution in [3.8, 4) is 40.1 Å². The van der Waals surface area contributed by atoms with Crippen LogP contribution in [0.2, 0.25) is 0 Å². The summed E-state index contributed by atoms with van der Waals surface area (Å²) in [5, 5.41) is 5.45. The number of furan rings is 1. The molecule has 0 saturated carbocycles. The van der Waals surface area contributed by atoms with E-state index in [1.165, 1.54) is 5.39 Å². The van der Waals surface area contributed by atoms with Gasteiger partial charge in [-0.3, -0.25) is 13.5 Å². The van der Waals surface area contributed by atoms with Gasteiger partial charge in [0.05, 0.1) is 33.1 Å². The van der Waals surface area contributed by atoms with Crippen LogP contribution < -0.4 is 0 Å². The van der Waals surface area contributed by atoms with E-state index in [4.69, 9.17) is 24.4 Å². The summed E-state index contributed by atoms with van der Waals surface area (Å²) in [6.45, 7) is 0. The lowest BCUT2D eigenvalue weighted by atomic mass is 10.1. The smallest absolute Gasteiger partial charge is 0.248 e. The van der Waals surface area contributed by atoms with E-state index in [2.05, 4.69) is 133 Å². The summed E-state index contributed by atoms with van der Waals surface area (Å²) in [6.07, 6.45) is 0. The predicted molar refractivity (Wildman–Crippen MR) is 252 cm³/mol. The van der Waals surface area contributed by atoms with Gasteiger partial charge in [0.2, 0.25) is 17.4 Å². The van der Waals surface area contributed by atoms with Crippen LogP contribution in [-0.2, 0) is 0 Å². The van der Waals surface area contributed by atoms with Crippen molar-refractivity contribution in [1.29, 1.82) is 0 Å². The normalized spacial score (nSPS) is 12.1. The van der Waals surface area contributed by atoms with Gasteiger partial charge in [-0.25, -0.2) is 4.98 Å². The highest BCUT2D eigenvalue weighted by Gasteiger charge is 2.25. The number of rotatable bonds is 5. The van der Waals surface area contributed by atoms with E-state index in [1.807, 2.05) is 78.9 Å². The third kappa shape index (κ3) is 4.87. The molecule has 0 saturated heterocycles. The summed E-state index contributed by atoms with van der Waals surface area (Å²) in [5.74, 6) is 2.52. The Balaban J connectivity index is 1.11. The largest absolute Gasteiger partial charge is 0.436 e. The van der Waals surface area contributed by atoms with Gasteiger partial charge in [-0.1, -0.05) is 121 Å². The predicted octanol–water partition coefficient (Wildman–Crippen LogP) is 12.9. The molecule has 0 N–H and O–H groups in total. The first-order valence-corrected chi connectivity index (χ1v) is 21.0. The molecule has 0 unspecified atom stereocenters. The Morgan fingerprint density at radius 1 is 0.349 bits per heavy atom. The number of hydrogen-bond acceptors (Lipinski definition) is 5. The van der Waals surface area contributed by atoms with Gasteiger partial charge in [0.25, 0.3) is 0 Å². The molecule has 0 bridgehead atoms. The Hall–Kier alpha value is -8.82. The molecule has 0 aliphatic carbocycles. The fourth-order valence-corrected chi connectivity index (χ4v) is 9.71. The molecule has 0 radical (unpaired) electrons. The van der Waals surface area contributed by atoms with Crippen molar-refractivity contribution >= 4 is 82.6 Å². The molecule has 14 aromatic rings. The first-order chi connectivity index (χ1) is 31.2. The summed E-state index contributed by atoms with van der Waals surface area (Å²) >= 11 is 0. The molecule has 8 aromatic carbocycles. The van der Waals surface area contributed by atoms with E-state index in [-0.39, 0.29) is 0 Å². The Morgan fingerprint density at radius 2 is 0.905 bits per heavy atom. The van der Waals surface area contributed by atoms with Gasteiger partial charge in [0.15, 0.2) is 11.6 Å². The van der Waals surface area contributed by atoms with Crippen molar-refractivity contribution < 1.29 is 4.42 Å². The molecule has 6 heterocycles. The number of nitrogens with zero attached hydrogens (tertiary/aromatic N) is 8. The number of imidazole rings is 2. The van der Waals surface area contributed by atoms with Crippen molar-refractivity contribution in [3.05, 3.63) is 194 Å². The number of para-hydroxylation sites is 5. The zero-order valence-corrected chi connectivity index (χ0v) is 33.5. The number of aromatic nitrogens is 8. The number of benzene rings is 8. The van der Waals surface area contributed by atoms with Crippen molar-refractivity contribution in [3.63, 3.8) is 0 Å². The third-order valence-electron chi connectivity index (χ3n) is 12.4. The molecule has 9 heteroatoms. The Morgan fingerprint density at radius 3 is 1.63 bits per heavy atom. The lowest BCUT2D eigenvalue weighted by molar-refractivity contribution is 0.656. The van der Waals surface area contributed by atoms with Crippen LogP contribution in [0.1, 0.15) is 0 Å². The minimum Gasteiger partial charge on any atom is -0.436 e. The van der Waals surface area contributed by atoms with Crippen LogP contribution in [0.3, 0.4) is 0 Å². The molecule has 14 rings (SSSR count). The lowest BCUT2D eigenvalue weighted by Crippen LogP contribution is -2.06. The van der Waals surface area contributed by atoms with Crippen molar-refractivity contribution in [2.75, 3.05) is 0 Å². The first kappa shape index (κ1) is 34.0. The minimum atomic E-state index is 0.538. The molecule has 0 atom stereocenters. The summed E-state index contributed by atoms with van der Waals surface area (Å²) in [4.78, 5) is 20.8. The average molecular weight is 809 g/mol. The van der Waals surface area contributed by atoms with E-state index in [9.17, 15) is 0 Å². The quantitative estimate of drug-likeness (QED) is 0.173. The molecule has 63 heavy (non-hydrogen) atoms. The number of fused-ring (bicyclic) bond motifs is 13. The highest BCUT2D eigenvalue weighted by molar-refractivity contribution is 6.19. The maximum absolute atomic E-state index is 6.34. The topological polar surface area (TPSA) is 83.9 Å². The molecule has 6 aromatic heterocycles. The van der Waals surface area contributed by atoms with Crippen molar-refractivity contribution in [2.45, 2.75) is 0 Å². The fraction of sp³-hybridized carbons (Fsp3) is 0. The zero-order chi connectivity index (χ0) is 41.2.